The van der Waals surface area contributed by atoms with Crippen molar-refractivity contribution in [1.82, 2.24) is 34.5 Å². The first-order valence-electron chi connectivity index (χ1n) is 12.0. The van der Waals surface area contributed by atoms with Crippen LogP contribution in [0.25, 0.3) is 33.2 Å². The van der Waals surface area contributed by atoms with Crippen LogP contribution in [0, 0.1) is 5.92 Å². The van der Waals surface area contributed by atoms with Crippen LogP contribution in [0.1, 0.15) is 25.0 Å². The van der Waals surface area contributed by atoms with E-state index in [-0.39, 0.29) is 0 Å². The molecule has 3 atom stereocenters. The van der Waals surface area contributed by atoms with Crippen LogP contribution in [-0.2, 0) is 13.6 Å². The third-order valence-electron chi connectivity index (χ3n) is 7.61. The van der Waals surface area contributed by atoms with Gasteiger partial charge in [-0.2, -0.15) is 10.2 Å². The number of aryl methyl sites for hydroxylation is 1. The van der Waals surface area contributed by atoms with Gasteiger partial charge < -0.3 is 15.6 Å². The number of piperidine rings is 2. The molecule has 0 radical (unpaired) electrons. The van der Waals surface area contributed by atoms with Gasteiger partial charge in [-0.3, -0.25) is 9.36 Å². The summed E-state index contributed by atoms with van der Waals surface area (Å²) in [5, 5.41) is 10.7. The lowest BCUT2D eigenvalue weighted by Crippen LogP contribution is -2.57. The molecule has 10 heteroatoms. The van der Waals surface area contributed by atoms with Crippen LogP contribution in [0.3, 0.4) is 0 Å². The van der Waals surface area contributed by atoms with Gasteiger partial charge in [-0.1, -0.05) is 17.7 Å². The summed E-state index contributed by atoms with van der Waals surface area (Å²) in [5.41, 5.74) is 11.5. The molecule has 1 aromatic carbocycles. The second-order valence-electron chi connectivity index (χ2n) is 9.84. The molecule has 3 N–H and O–H groups in total. The lowest BCUT2D eigenvalue weighted by Gasteiger charge is -2.48. The number of aromatic amines is 1. The van der Waals surface area contributed by atoms with Crippen molar-refractivity contribution in [2.24, 2.45) is 18.7 Å². The second-order valence-corrected chi connectivity index (χ2v) is 10.2. The number of benzene rings is 1. The second kappa shape index (κ2) is 7.79. The van der Waals surface area contributed by atoms with Gasteiger partial charge in [-0.05, 0) is 37.3 Å². The van der Waals surface area contributed by atoms with Crippen molar-refractivity contribution < 1.29 is 0 Å². The molecule has 8 rings (SSSR count). The zero-order valence-electron chi connectivity index (χ0n) is 19.4. The Morgan fingerprint density at radius 2 is 2.09 bits per heavy atom. The van der Waals surface area contributed by atoms with E-state index in [0.29, 0.717) is 29.6 Å². The molecule has 0 unspecified atom stereocenters. The number of nitrogens with two attached hydrogens (primary N) is 1. The van der Waals surface area contributed by atoms with Crippen LogP contribution in [0.4, 0.5) is 5.82 Å². The zero-order valence-corrected chi connectivity index (χ0v) is 20.2. The summed E-state index contributed by atoms with van der Waals surface area (Å²) in [4.78, 5) is 15.5. The van der Waals surface area contributed by atoms with Crippen molar-refractivity contribution in [3.05, 3.63) is 53.7 Å². The van der Waals surface area contributed by atoms with Gasteiger partial charge in [0.25, 0.3) is 0 Å². The fourth-order valence-electron chi connectivity index (χ4n) is 5.78. The Kier molecular flexibility index (Phi) is 4.65. The molecule has 2 bridgehead atoms. The number of H-pyrrole nitrogens is 1. The number of rotatable bonds is 4. The Labute approximate surface area is 206 Å². The standard InChI is InChI=1S/C25H26ClN9/c1-33-7-6-15(31-33)12-34-13-19-21(32-34)5-4-17(23(19)26)18-9-29-25-24(18)28-10-22(30-25)35-11-14-2-3-16(35)8-20(14)27/h4-7,9-10,13-14,16,20H,2-3,8,11-12,27H2,1H3,(H,29,30)/t14-,16-,20+/m1/s1. The summed E-state index contributed by atoms with van der Waals surface area (Å²) in [6.07, 6.45) is 11.2. The molecule has 3 aliphatic rings. The Balaban J connectivity index is 1.22. The Morgan fingerprint density at radius 3 is 2.86 bits per heavy atom. The van der Waals surface area contributed by atoms with Crippen molar-refractivity contribution in [3.63, 3.8) is 0 Å². The number of nitrogens with one attached hydrogen (secondary N) is 1. The van der Waals surface area contributed by atoms with Crippen molar-refractivity contribution >= 4 is 39.5 Å². The van der Waals surface area contributed by atoms with Gasteiger partial charge in [-0.15, -0.1) is 0 Å². The Bertz CT molecular complexity index is 1560. The molecule has 3 fully saturated rings. The monoisotopic (exact) mass is 487 g/mol. The molecule has 2 saturated heterocycles. The highest BCUT2D eigenvalue weighted by molar-refractivity contribution is 6.38. The molecule has 0 amide bonds. The maximum atomic E-state index is 6.91. The number of fused-ring (bicyclic) bond motifs is 5. The van der Waals surface area contributed by atoms with E-state index in [1.54, 1.807) is 4.68 Å². The van der Waals surface area contributed by atoms with E-state index < -0.39 is 0 Å². The maximum Gasteiger partial charge on any atom is 0.159 e. The largest absolute Gasteiger partial charge is 0.352 e. The van der Waals surface area contributed by atoms with Gasteiger partial charge in [0, 0.05) is 60.8 Å². The van der Waals surface area contributed by atoms with E-state index in [0.717, 1.165) is 57.7 Å². The fourth-order valence-corrected chi connectivity index (χ4v) is 6.09. The zero-order chi connectivity index (χ0) is 23.7. The maximum absolute atomic E-state index is 6.91. The average molecular weight is 488 g/mol. The van der Waals surface area contributed by atoms with E-state index in [1.807, 2.05) is 54.7 Å². The molecule has 2 aliphatic heterocycles. The predicted molar refractivity (Wildman–Crippen MR) is 136 cm³/mol. The van der Waals surface area contributed by atoms with Crippen molar-refractivity contribution in [3.8, 4) is 11.1 Å². The highest BCUT2D eigenvalue weighted by Crippen LogP contribution is 2.39. The molecule has 35 heavy (non-hydrogen) atoms. The van der Waals surface area contributed by atoms with E-state index >= 15 is 0 Å². The fraction of sp³-hybridized carbons (Fsp3) is 0.360. The topological polar surface area (TPSA) is 106 Å². The minimum atomic E-state index is 0.309. The van der Waals surface area contributed by atoms with Gasteiger partial charge in [0.1, 0.15) is 11.3 Å². The first-order chi connectivity index (χ1) is 17.0. The quantitative estimate of drug-likeness (QED) is 0.400. The predicted octanol–water partition coefficient (Wildman–Crippen LogP) is 3.73. The molecule has 4 aromatic heterocycles. The first-order valence-corrected chi connectivity index (χ1v) is 12.4. The summed E-state index contributed by atoms with van der Waals surface area (Å²) in [5.74, 6) is 1.46. The summed E-state index contributed by atoms with van der Waals surface area (Å²) >= 11 is 6.91. The third-order valence-corrected chi connectivity index (χ3v) is 8.02. The third kappa shape index (κ3) is 3.41. The van der Waals surface area contributed by atoms with Gasteiger partial charge in [0.2, 0.25) is 0 Å². The first kappa shape index (κ1) is 20.9. The molecule has 9 nitrogen and oxygen atoms in total. The number of halogens is 1. The molecule has 178 valence electrons. The smallest absolute Gasteiger partial charge is 0.159 e. The summed E-state index contributed by atoms with van der Waals surface area (Å²) in [6, 6.07) is 6.76. The molecule has 1 aliphatic carbocycles. The number of hydrogen-bond acceptors (Lipinski definition) is 6. The number of aromatic nitrogens is 7. The molecule has 1 saturated carbocycles. The Morgan fingerprint density at radius 1 is 1.17 bits per heavy atom. The van der Waals surface area contributed by atoms with Crippen LogP contribution >= 0.6 is 11.6 Å². The van der Waals surface area contributed by atoms with Crippen LogP contribution < -0.4 is 10.6 Å². The van der Waals surface area contributed by atoms with E-state index in [4.69, 9.17) is 27.3 Å². The molecule has 5 aromatic rings. The van der Waals surface area contributed by atoms with Crippen LogP contribution in [0.15, 0.2) is 43.0 Å². The van der Waals surface area contributed by atoms with Gasteiger partial charge in [-0.25, -0.2) is 9.97 Å². The Hall–Kier alpha value is -3.43. The summed E-state index contributed by atoms with van der Waals surface area (Å²) in [6.45, 7) is 1.55. The normalized spacial score (nSPS) is 22.0. The highest BCUT2D eigenvalue weighted by Gasteiger charge is 2.39. The van der Waals surface area contributed by atoms with E-state index in [2.05, 4.69) is 20.1 Å². The summed E-state index contributed by atoms with van der Waals surface area (Å²) in [7, 11) is 1.91. The molecular weight excluding hydrogens is 462 g/mol. The van der Waals surface area contributed by atoms with Crippen molar-refractivity contribution in [1.29, 1.82) is 0 Å². The van der Waals surface area contributed by atoms with Gasteiger partial charge in [0.05, 0.1) is 29.0 Å². The van der Waals surface area contributed by atoms with Crippen molar-refractivity contribution in [2.75, 3.05) is 11.4 Å². The lowest BCUT2D eigenvalue weighted by atomic mass is 9.76. The SMILES string of the molecule is Cn1ccc(Cn2cc3c(Cl)c(-c4c[nH]c5nc(N6C[C@H]7CC[C@@H]6C[C@@H]7N)cnc45)ccc3n2)n1. The molecule has 6 heterocycles. The molecular formula is C25H26ClN9. The van der Waals surface area contributed by atoms with Gasteiger partial charge in [0.15, 0.2) is 5.65 Å². The van der Waals surface area contributed by atoms with Crippen LogP contribution in [0.5, 0.6) is 0 Å². The van der Waals surface area contributed by atoms with Crippen LogP contribution in [0.2, 0.25) is 5.02 Å². The van der Waals surface area contributed by atoms with Crippen molar-refractivity contribution in [2.45, 2.75) is 37.9 Å². The van der Waals surface area contributed by atoms with E-state index in [9.17, 15) is 0 Å². The highest BCUT2D eigenvalue weighted by atomic mass is 35.5. The van der Waals surface area contributed by atoms with Gasteiger partial charge >= 0.3 is 0 Å². The molecule has 0 spiro atoms. The number of anilines is 1. The summed E-state index contributed by atoms with van der Waals surface area (Å²) < 4.78 is 3.67. The van der Waals surface area contributed by atoms with Crippen LogP contribution in [-0.4, -0.2) is 53.1 Å². The number of hydrogen-bond donors (Lipinski definition) is 2. The lowest BCUT2D eigenvalue weighted by molar-refractivity contribution is 0.215. The minimum Gasteiger partial charge on any atom is -0.352 e. The van der Waals surface area contributed by atoms with E-state index in [1.165, 1.54) is 12.8 Å². The number of nitrogens with zero attached hydrogens (tertiary/aromatic N) is 7. The average Bonchev–Trinajstić information content (AvgIpc) is 3.58. The minimum absolute atomic E-state index is 0.309.